The third kappa shape index (κ3) is 5.11. The van der Waals surface area contributed by atoms with E-state index in [9.17, 15) is 4.79 Å². The Morgan fingerprint density at radius 3 is 2.56 bits per heavy atom. The van der Waals surface area contributed by atoms with Gasteiger partial charge < -0.3 is 14.3 Å². The van der Waals surface area contributed by atoms with E-state index < -0.39 is 0 Å². The molecule has 7 heteroatoms. The molecule has 1 aliphatic heterocycles. The molecular formula is C29H33N5O2. The molecule has 0 unspecified atom stereocenters. The lowest BCUT2D eigenvalue weighted by atomic mass is 9.99. The number of carbonyl (C=O) groups excluding carboxylic acids is 1. The standard InChI is InChI=1S/C29H33N5O2/c1-20(2)27(30-29(35)24-13-17-36-19-24)28-32-31-26-12-14-33(15-16-34(26)28)18-22-8-10-23(11-9-22)25-7-5-4-6-21(25)3/h4-11,13,17,19-20,27H,12,14-16,18H2,1-3H3,(H,30,35)/t27-/m0/s1. The number of aryl methyl sites for hydroxylation is 1. The van der Waals surface area contributed by atoms with Gasteiger partial charge >= 0.3 is 0 Å². The molecule has 36 heavy (non-hydrogen) atoms. The number of nitrogens with one attached hydrogen (secondary N) is 1. The number of hydrogen-bond donors (Lipinski definition) is 1. The van der Waals surface area contributed by atoms with Gasteiger partial charge in [-0.2, -0.15) is 0 Å². The highest BCUT2D eigenvalue weighted by molar-refractivity contribution is 5.94. The summed E-state index contributed by atoms with van der Waals surface area (Å²) in [5.41, 5.74) is 5.63. The smallest absolute Gasteiger partial charge is 0.255 e. The Bertz CT molecular complexity index is 1310. The lowest BCUT2D eigenvalue weighted by molar-refractivity contribution is 0.0921. The number of hydrogen-bond acceptors (Lipinski definition) is 5. The zero-order chi connectivity index (χ0) is 25.1. The molecule has 1 N–H and O–H groups in total. The normalized spacial score (nSPS) is 14.9. The average molecular weight is 484 g/mol. The van der Waals surface area contributed by atoms with Crippen LogP contribution >= 0.6 is 0 Å². The quantitative estimate of drug-likeness (QED) is 0.399. The molecule has 1 amide bonds. The number of rotatable bonds is 7. The summed E-state index contributed by atoms with van der Waals surface area (Å²) in [6.07, 6.45) is 3.80. The first-order valence-electron chi connectivity index (χ1n) is 12.6. The Morgan fingerprint density at radius 1 is 1.03 bits per heavy atom. The molecule has 2 aromatic carbocycles. The summed E-state index contributed by atoms with van der Waals surface area (Å²) in [5.74, 6) is 1.80. The van der Waals surface area contributed by atoms with Gasteiger partial charge in [0.25, 0.3) is 5.91 Å². The van der Waals surface area contributed by atoms with Gasteiger partial charge in [-0.3, -0.25) is 9.69 Å². The summed E-state index contributed by atoms with van der Waals surface area (Å²) in [4.78, 5) is 15.2. The van der Waals surface area contributed by atoms with E-state index in [0.29, 0.717) is 5.56 Å². The van der Waals surface area contributed by atoms with E-state index in [1.54, 1.807) is 6.07 Å². The predicted molar refractivity (Wildman–Crippen MR) is 139 cm³/mol. The van der Waals surface area contributed by atoms with Crippen LogP contribution in [0.1, 0.15) is 53.0 Å². The predicted octanol–water partition coefficient (Wildman–Crippen LogP) is 5.03. The van der Waals surface area contributed by atoms with Gasteiger partial charge in [0.2, 0.25) is 0 Å². The van der Waals surface area contributed by atoms with E-state index in [-0.39, 0.29) is 17.9 Å². The first kappa shape index (κ1) is 24.0. The van der Waals surface area contributed by atoms with Crippen molar-refractivity contribution in [3.8, 4) is 11.1 Å². The largest absolute Gasteiger partial charge is 0.472 e. The van der Waals surface area contributed by atoms with E-state index in [2.05, 4.69) is 94.3 Å². The topological polar surface area (TPSA) is 76.2 Å². The highest BCUT2D eigenvalue weighted by Crippen LogP contribution is 2.25. The van der Waals surface area contributed by atoms with Crippen molar-refractivity contribution in [1.82, 2.24) is 25.0 Å². The number of furan rings is 1. The third-order valence-electron chi connectivity index (χ3n) is 6.98. The number of carbonyl (C=O) groups is 1. The fraction of sp³-hybridized carbons (Fsp3) is 0.345. The van der Waals surface area contributed by atoms with Gasteiger partial charge in [-0.1, -0.05) is 62.4 Å². The maximum atomic E-state index is 12.7. The maximum absolute atomic E-state index is 12.7. The molecule has 0 aliphatic carbocycles. The van der Waals surface area contributed by atoms with Crippen LogP contribution in [0.15, 0.2) is 71.5 Å². The van der Waals surface area contributed by atoms with E-state index >= 15 is 0 Å². The molecule has 0 saturated carbocycles. The molecule has 7 nitrogen and oxygen atoms in total. The second kappa shape index (κ2) is 10.5. The fourth-order valence-electron chi connectivity index (χ4n) is 4.87. The van der Waals surface area contributed by atoms with E-state index in [1.165, 1.54) is 34.8 Å². The van der Waals surface area contributed by atoms with E-state index in [4.69, 9.17) is 4.42 Å². The third-order valence-corrected chi connectivity index (χ3v) is 6.98. The van der Waals surface area contributed by atoms with E-state index in [1.807, 2.05) is 0 Å². The second-order valence-electron chi connectivity index (χ2n) is 9.87. The van der Waals surface area contributed by atoms with Crippen LogP contribution in [0.2, 0.25) is 0 Å². The van der Waals surface area contributed by atoms with Crippen molar-refractivity contribution in [2.24, 2.45) is 5.92 Å². The summed E-state index contributed by atoms with van der Waals surface area (Å²) < 4.78 is 7.27. The Hall–Kier alpha value is -3.71. The van der Waals surface area contributed by atoms with Crippen LogP contribution in [0.25, 0.3) is 11.1 Å². The molecule has 0 bridgehead atoms. The lowest BCUT2D eigenvalue weighted by Crippen LogP contribution is -2.34. The van der Waals surface area contributed by atoms with Gasteiger partial charge in [-0.05, 0) is 41.2 Å². The molecule has 5 rings (SSSR count). The Balaban J connectivity index is 1.26. The molecule has 0 fully saturated rings. The summed E-state index contributed by atoms with van der Waals surface area (Å²) in [6.45, 7) is 9.84. The van der Waals surface area contributed by atoms with Crippen molar-refractivity contribution in [3.05, 3.63) is 95.5 Å². The zero-order valence-electron chi connectivity index (χ0n) is 21.1. The molecule has 2 aromatic heterocycles. The minimum absolute atomic E-state index is 0.163. The minimum Gasteiger partial charge on any atom is -0.472 e. The van der Waals surface area contributed by atoms with Gasteiger partial charge in [0.05, 0.1) is 17.9 Å². The van der Waals surface area contributed by atoms with Gasteiger partial charge in [-0.15, -0.1) is 10.2 Å². The van der Waals surface area contributed by atoms with Gasteiger partial charge in [-0.25, -0.2) is 0 Å². The highest BCUT2D eigenvalue weighted by atomic mass is 16.3. The van der Waals surface area contributed by atoms with Crippen LogP contribution in [0, 0.1) is 12.8 Å². The van der Waals surface area contributed by atoms with Crippen LogP contribution in [-0.2, 0) is 19.5 Å². The van der Waals surface area contributed by atoms with Crippen LogP contribution in [0.4, 0.5) is 0 Å². The van der Waals surface area contributed by atoms with Crippen molar-refractivity contribution in [3.63, 3.8) is 0 Å². The molecule has 1 atom stereocenters. The minimum atomic E-state index is -0.228. The lowest BCUT2D eigenvalue weighted by Gasteiger charge is -2.23. The fourth-order valence-corrected chi connectivity index (χ4v) is 4.87. The Morgan fingerprint density at radius 2 is 1.83 bits per heavy atom. The number of nitrogens with zero attached hydrogens (tertiary/aromatic N) is 4. The van der Waals surface area contributed by atoms with Crippen molar-refractivity contribution >= 4 is 5.91 Å². The van der Waals surface area contributed by atoms with Crippen LogP contribution in [-0.4, -0.2) is 38.7 Å². The average Bonchev–Trinajstić information content (AvgIpc) is 3.51. The summed E-state index contributed by atoms with van der Waals surface area (Å²) in [7, 11) is 0. The molecule has 4 aromatic rings. The van der Waals surface area contributed by atoms with Gasteiger partial charge in [0.15, 0.2) is 5.82 Å². The molecule has 0 radical (unpaired) electrons. The maximum Gasteiger partial charge on any atom is 0.255 e. The van der Waals surface area contributed by atoms with Crippen LogP contribution in [0.3, 0.4) is 0 Å². The Kier molecular flexibility index (Phi) is 7.00. The zero-order valence-corrected chi connectivity index (χ0v) is 21.1. The van der Waals surface area contributed by atoms with Crippen molar-refractivity contribution in [2.45, 2.75) is 46.3 Å². The second-order valence-corrected chi connectivity index (χ2v) is 9.87. The molecular weight excluding hydrogens is 450 g/mol. The summed E-state index contributed by atoms with van der Waals surface area (Å²) >= 11 is 0. The molecule has 1 aliphatic rings. The first-order chi connectivity index (χ1) is 17.5. The monoisotopic (exact) mass is 483 g/mol. The molecule has 3 heterocycles. The first-order valence-corrected chi connectivity index (χ1v) is 12.6. The summed E-state index contributed by atoms with van der Waals surface area (Å²) in [5, 5.41) is 12.1. The van der Waals surface area contributed by atoms with Crippen molar-refractivity contribution in [1.29, 1.82) is 0 Å². The number of benzene rings is 2. The van der Waals surface area contributed by atoms with Gasteiger partial charge in [0.1, 0.15) is 12.1 Å². The van der Waals surface area contributed by atoms with Crippen LogP contribution in [0.5, 0.6) is 0 Å². The SMILES string of the molecule is Cc1ccccc1-c1ccc(CN2CCc3nnc([C@@H](NC(=O)c4ccoc4)C(C)C)n3CC2)cc1. The Labute approximate surface area is 212 Å². The number of amides is 1. The summed E-state index contributed by atoms with van der Waals surface area (Å²) in [6, 6.07) is 18.8. The molecule has 186 valence electrons. The van der Waals surface area contributed by atoms with Crippen molar-refractivity contribution < 1.29 is 9.21 Å². The number of aromatic nitrogens is 3. The van der Waals surface area contributed by atoms with Crippen molar-refractivity contribution in [2.75, 3.05) is 13.1 Å². The van der Waals surface area contributed by atoms with Gasteiger partial charge in [0, 0.05) is 32.6 Å². The highest BCUT2D eigenvalue weighted by Gasteiger charge is 2.28. The molecule has 0 saturated heterocycles. The molecule has 0 spiro atoms. The number of fused-ring (bicyclic) bond motifs is 1. The van der Waals surface area contributed by atoms with E-state index in [0.717, 1.165) is 44.2 Å². The van der Waals surface area contributed by atoms with Crippen LogP contribution < -0.4 is 5.32 Å².